The van der Waals surface area contributed by atoms with Crippen LogP contribution >= 0.6 is 0 Å². The molecule has 0 spiro atoms. The minimum atomic E-state index is 0.0158. The van der Waals surface area contributed by atoms with E-state index in [0.29, 0.717) is 35.9 Å². The molecule has 2 aromatic heterocycles. The second-order valence-electron chi connectivity index (χ2n) is 6.33. The molecule has 3 aromatic rings. The molecule has 2 heterocycles. The smallest absolute Gasteiger partial charge is 0.185 e. The molecule has 0 atom stereocenters. The minimum absolute atomic E-state index is 0.0158. The number of Topliss-reactive ketones (excluding diaryl/α,β-unsaturated/α-hetero) is 1. The van der Waals surface area contributed by atoms with Gasteiger partial charge in [-0.2, -0.15) is 5.10 Å². The highest BCUT2D eigenvalue weighted by Crippen LogP contribution is 2.36. The molecule has 140 valence electrons. The molecule has 0 amide bonds. The Bertz CT molecular complexity index is 1030. The molecule has 8 heteroatoms. The second kappa shape index (κ2) is 6.96. The van der Waals surface area contributed by atoms with Crippen molar-refractivity contribution in [1.29, 1.82) is 0 Å². The van der Waals surface area contributed by atoms with Crippen LogP contribution in [0.2, 0.25) is 0 Å². The number of rotatable bonds is 5. The molecule has 4 rings (SSSR count). The van der Waals surface area contributed by atoms with E-state index in [4.69, 9.17) is 14.2 Å². The van der Waals surface area contributed by atoms with Crippen LogP contribution in [0.3, 0.4) is 0 Å². The number of carbonyl (C=O) groups is 1. The van der Waals surface area contributed by atoms with Crippen LogP contribution in [0.1, 0.15) is 34.7 Å². The van der Waals surface area contributed by atoms with Gasteiger partial charge in [0.15, 0.2) is 28.6 Å². The summed E-state index contributed by atoms with van der Waals surface area (Å²) in [7, 11) is 4.81. The molecular weight excluding hydrogens is 348 g/mol. The molecule has 0 radical (unpaired) electrons. The van der Waals surface area contributed by atoms with Gasteiger partial charge in [0.25, 0.3) is 0 Å². The number of ketones is 1. The van der Waals surface area contributed by atoms with Crippen molar-refractivity contribution in [2.75, 3.05) is 21.3 Å². The van der Waals surface area contributed by atoms with Gasteiger partial charge in [-0.05, 0) is 30.5 Å². The summed E-state index contributed by atoms with van der Waals surface area (Å²) >= 11 is 0. The van der Waals surface area contributed by atoms with Crippen molar-refractivity contribution in [3.8, 4) is 22.6 Å². The molecule has 0 saturated carbocycles. The molecule has 1 aliphatic rings. The van der Waals surface area contributed by atoms with Crippen LogP contribution in [0, 0.1) is 0 Å². The molecule has 0 unspecified atom stereocenters. The zero-order chi connectivity index (χ0) is 19.0. The van der Waals surface area contributed by atoms with Gasteiger partial charge in [0.05, 0.1) is 37.8 Å². The van der Waals surface area contributed by atoms with Gasteiger partial charge in [-0.15, -0.1) is 10.2 Å². The number of fused-ring (bicyclic) bond motifs is 3. The number of aromatic nitrogens is 4. The Morgan fingerprint density at radius 1 is 1.07 bits per heavy atom. The Kier molecular flexibility index (Phi) is 4.49. The maximum Gasteiger partial charge on any atom is 0.185 e. The van der Waals surface area contributed by atoms with Crippen LogP contribution in [0.4, 0.5) is 0 Å². The molecule has 0 bridgehead atoms. The molecule has 0 fully saturated rings. The Morgan fingerprint density at radius 2 is 1.89 bits per heavy atom. The lowest BCUT2D eigenvalue weighted by atomic mass is 9.99. The maximum absolute atomic E-state index is 12.2. The lowest BCUT2D eigenvalue weighted by molar-refractivity contribution is 0.0964. The molecule has 0 aliphatic heterocycles. The predicted molar refractivity (Wildman–Crippen MR) is 97.3 cm³/mol. The first-order chi connectivity index (χ1) is 13.2. The topological polar surface area (TPSA) is 87.8 Å². The van der Waals surface area contributed by atoms with Gasteiger partial charge < -0.3 is 14.2 Å². The average Bonchev–Trinajstić information content (AvgIpc) is 3.06. The summed E-state index contributed by atoms with van der Waals surface area (Å²) in [5.41, 5.74) is 4.23. The van der Waals surface area contributed by atoms with Gasteiger partial charge in [0, 0.05) is 13.5 Å². The van der Waals surface area contributed by atoms with Gasteiger partial charge >= 0.3 is 0 Å². The third-order valence-electron chi connectivity index (χ3n) is 4.74. The van der Waals surface area contributed by atoms with Crippen molar-refractivity contribution in [1.82, 2.24) is 19.8 Å². The molecule has 0 N–H and O–H groups in total. The van der Waals surface area contributed by atoms with Crippen LogP contribution in [0.5, 0.6) is 11.5 Å². The van der Waals surface area contributed by atoms with E-state index >= 15 is 0 Å². The van der Waals surface area contributed by atoms with Crippen molar-refractivity contribution < 1.29 is 19.0 Å². The van der Waals surface area contributed by atoms with Crippen LogP contribution in [-0.4, -0.2) is 46.9 Å². The Hall–Kier alpha value is -3.00. The molecular formula is C19H20N4O4. The summed E-state index contributed by atoms with van der Waals surface area (Å²) in [6.45, 7) is 0.315. The van der Waals surface area contributed by atoms with E-state index in [1.54, 1.807) is 25.8 Å². The van der Waals surface area contributed by atoms with E-state index in [9.17, 15) is 4.79 Å². The monoisotopic (exact) mass is 368 g/mol. The first kappa shape index (κ1) is 17.4. The zero-order valence-electron chi connectivity index (χ0n) is 15.5. The number of benzene rings is 1. The molecule has 1 aromatic carbocycles. The first-order valence-corrected chi connectivity index (χ1v) is 8.69. The van der Waals surface area contributed by atoms with E-state index in [0.717, 1.165) is 35.4 Å². The SMILES string of the molecule is COCc1nn2c3c(nnc2c1-c1ccc(OC)c(OC)c1)C(=O)CCC3. The van der Waals surface area contributed by atoms with Crippen molar-refractivity contribution >= 4 is 11.4 Å². The summed E-state index contributed by atoms with van der Waals surface area (Å²) in [5, 5.41) is 13.2. The van der Waals surface area contributed by atoms with Crippen LogP contribution in [-0.2, 0) is 17.8 Å². The van der Waals surface area contributed by atoms with Crippen molar-refractivity contribution in [2.24, 2.45) is 0 Å². The van der Waals surface area contributed by atoms with Crippen molar-refractivity contribution in [2.45, 2.75) is 25.9 Å². The summed E-state index contributed by atoms with van der Waals surface area (Å²) < 4.78 is 17.8. The van der Waals surface area contributed by atoms with Gasteiger partial charge in [-0.25, -0.2) is 4.52 Å². The number of ether oxygens (including phenoxy) is 3. The number of aryl methyl sites for hydroxylation is 1. The molecule has 0 saturated heterocycles. The second-order valence-corrected chi connectivity index (χ2v) is 6.33. The fraction of sp³-hybridized carbons (Fsp3) is 0.368. The van der Waals surface area contributed by atoms with Gasteiger partial charge in [0.2, 0.25) is 0 Å². The fourth-order valence-electron chi connectivity index (χ4n) is 3.49. The van der Waals surface area contributed by atoms with E-state index < -0.39 is 0 Å². The lowest BCUT2D eigenvalue weighted by Gasteiger charge is -2.13. The van der Waals surface area contributed by atoms with Crippen LogP contribution in [0.25, 0.3) is 16.8 Å². The fourth-order valence-corrected chi connectivity index (χ4v) is 3.49. The van der Waals surface area contributed by atoms with Crippen LogP contribution in [0.15, 0.2) is 18.2 Å². The van der Waals surface area contributed by atoms with Gasteiger partial charge in [0.1, 0.15) is 0 Å². The number of carbonyl (C=O) groups excluding carboxylic acids is 1. The average molecular weight is 368 g/mol. The maximum atomic E-state index is 12.2. The highest BCUT2D eigenvalue weighted by molar-refractivity contribution is 5.96. The Balaban J connectivity index is 1.97. The van der Waals surface area contributed by atoms with E-state index in [-0.39, 0.29) is 5.78 Å². The highest BCUT2D eigenvalue weighted by atomic mass is 16.5. The summed E-state index contributed by atoms with van der Waals surface area (Å²) in [6, 6.07) is 5.63. The summed E-state index contributed by atoms with van der Waals surface area (Å²) in [5.74, 6) is 1.26. The third-order valence-corrected chi connectivity index (χ3v) is 4.74. The standard InChI is InChI=1S/C19H20N4O4/c1-25-10-12-17(11-7-8-15(26-2)16(9-11)27-3)19-21-20-18-13(23(19)22-12)5-4-6-14(18)24/h7-9H,4-6,10H2,1-3H3. The van der Waals surface area contributed by atoms with Crippen molar-refractivity contribution in [3.05, 3.63) is 35.3 Å². The summed E-state index contributed by atoms with van der Waals surface area (Å²) in [6.07, 6.45) is 2.03. The lowest BCUT2D eigenvalue weighted by Crippen LogP contribution is -2.18. The number of hydrogen-bond acceptors (Lipinski definition) is 7. The van der Waals surface area contributed by atoms with E-state index in [2.05, 4.69) is 15.3 Å². The number of methoxy groups -OCH3 is 3. The largest absolute Gasteiger partial charge is 0.493 e. The van der Waals surface area contributed by atoms with Crippen LogP contribution < -0.4 is 9.47 Å². The van der Waals surface area contributed by atoms with Gasteiger partial charge in [-0.1, -0.05) is 6.07 Å². The van der Waals surface area contributed by atoms with Gasteiger partial charge in [-0.3, -0.25) is 4.79 Å². The predicted octanol–water partition coefficient (Wildman–Crippen LogP) is 2.47. The Labute approximate surface area is 156 Å². The quantitative estimate of drug-likeness (QED) is 0.683. The molecule has 1 aliphatic carbocycles. The highest BCUT2D eigenvalue weighted by Gasteiger charge is 2.26. The van der Waals surface area contributed by atoms with E-state index in [1.807, 2.05) is 18.2 Å². The zero-order valence-corrected chi connectivity index (χ0v) is 15.5. The van der Waals surface area contributed by atoms with E-state index in [1.165, 1.54) is 0 Å². The molecule has 27 heavy (non-hydrogen) atoms. The first-order valence-electron chi connectivity index (χ1n) is 8.69. The summed E-state index contributed by atoms with van der Waals surface area (Å²) in [4.78, 5) is 12.2. The minimum Gasteiger partial charge on any atom is -0.493 e. The van der Waals surface area contributed by atoms with Crippen molar-refractivity contribution in [3.63, 3.8) is 0 Å². The normalized spacial score (nSPS) is 13.7. The number of hydrogen-bond donors (Lipinski definition) is 0. The third kappa shape index (κ3) is 2.82. The molecule has 8 nitrogen and oxygen atoms in total. The Morgan fingerprint density at radius 3 is 2.63 bits per heavy atom. The number of nitrogens with zero attached hydrogens (tertiary/aromatic N) is 4.